The second-order valence-corrected chi connectivity index (χ2v) is 16.7. The van der Waals surface area contributed by atoms with Crippen LogP contribution in [0.5, 0.6) is 0 Å². The van der Waals surface area contributed by atoms with Crippen molar-refractivity contribution < 1.29 is 28.6 Å². The van der Waals surface area contributed by atoms with Crippen molar-refractivity contribution in [3.05, 3.63) is 36.5 Å². The molecule has 0 aliphatic carbocycles. The van der Waals surface area contributed by atoms with E-state index >= 15 is 0 Å². The van der Waals surface area contributed by atoms with Crippen LogP contribution in [0.4, 0.5) is 0 Å². The molecular formula is C52H94O6. The van der Waals surface area contributed by atoms with Gasteiger partial charge in [-0.2, -0.15) is 0 Å². The number of hydrogen-bond acceptors (Lipinski definition) is 6. The van der Waals surface area contributed by atoms with Gasteiger partial charge in [-0.15, -0.1) is 0 Å². The van der Waals surface area contributed by atoms with Crippen LogP contribution in [0.2, 0.25) is 0 Å². The van der Waals surface area contributed by atoms with Gasteiger partial charge in [0.05, 0.1) is 0 Å². The van der Waals surface area contributed by atoms with Crippen molar-refractivity contribution in [1.29, 1.82) is 0 Å². The molecule has 0 aliphatic rings. The van der Waals surface area contributed by atoms with Crippen LogP contribution in [0.1, 0.15) is 258 Å². The zero-order valence-electron chi connectivity index (χ0n) is 38.6. The van der Waals surface area contributed by atoms with Crippen molar-refractivity contribution in [2.45, 2.75) is 264 Å². The fraction of sp³-hybridized carbons (Fsp3) is 0.827. The second-order valence-electron chi connectivity index (χ2n) is 16.7. The summed E-state index contributed by atoms with van der Waals surface area (Å²) in [7, 11) is 0. The molecule has 0 rings (SSSR count). The first kappa shape index (κ1) is 55.6. The first-order valence-electron chi connectivity index (χ1n) is 25.0. The van der Waals surface area contributed by atoms with Crippen LogP contribution in [-0.2, 0) is 28.6 Å². The highest BCUT2D eigenvalue weighted by Gasteiger charge is 2.19. The normalized spacial score (nSPS) is 12.3. The molecule has 0 radical (unpaired) electrons. The SMILES string of the molecule is CC/C=C\C/C=C\C/C=C\CCCCCCCCCCCC(=O)OCC(COC(=O)CCCCCCCCCCCC)OC(=O)CCCCCCCCCCCCC. The Balaban J connectivity index is 4.27. The molecule has 0 amide bonds. The zero-order chi connectivity index (χ0) is 42.3. The van der Waals surface area contributed by atoms with Crippen LogP contribution in [0.25, 0.3) is 0 Å². The molecule has 0 N–H and O–H groups in total. The molecular weight excluding hydrogens is 721 g/mol. The van der Waals surface area contributed by atoms with Crippen LogP contribution in [-0.4, -0.2) is 37.2 Å². The lowest BCUT2D eigenvalue weighted by Crippen LogP contribution is -2.30. The van der Waals surface area contributed by atoms with Gasteiger partial charge in [0.15, 0.2) is 6.10 Å². The van der Waals surface area contributed by atoms with Gasteiger partial charge in [0.2, 0.25) is 0 Å². The molecule has 6 nitrogen and oxygen atoms in total. The summed E-state index contributed by atoms with van der Waals surface area (Å²) in [4.78, 5) is 37.8. The van der Waals surface area contributed by atoms with Gasteiger partial charge in [-0.25, -0.2) is 0 Å². The van der Waals surface area contributed by atoms with Gasteiger partial charge in [-0.3, -0.25) is 14.4 Å². The summed E-state index contributed by atoms with van der Waals surface area (Å²) in [6.07, 6.45) is 54.1. The maximum atomic E-state index is 12.7. The highest BCUT2D eigenvalue weighted by Crippen LogP contribution is 2.15. The maximum Gasteiger partial charge on any atom is 0.306 e. The number of rotatable bonds is 45. The average molecular weight is 815 g/mol. The van der Waals surface area contributed by atoms with E-state index in [0.29, 0.717) is 19.3 Å². The number of carbonyl (C=O) groups excluding carboxylic acids is 3. The topological polar surface area (TPSA) is 78.9 Å². The van der Waals surface area contributed by atoms with Crippen molar-refractivity contribution in [3.63, 3.8) is 0 Å². The van der Waals surface area contributed by atoms with Gasteiger partial charge >= 0.3 is 17.9 Å². The molecule has 0 aromatic rings. The number of hydrogen-bond donors (Lipinski definition) is 0. The lowest BCUT2D eigenvalue weighted by molar-refractivity contribution is -0.167. The van der Waals surface area contributed by atoms with Crippen molar-refractivity contribution in [2.75, 3.05) is 13.2 Å². The summed E-state index contributed by atoms with van der Waals surface area (Å²) < 4.78 is 16.7. The molecule has 58 heavy (non-hydrogen) atoms. The minimum atomic E-state index is -0.767. The van der Waals surface area contributed by atoms with Crippen LogP contribution >= 0.6 is 0 Å². The Hall–Kier alpha value is -2.37. The first-order chi connectivity index (χ1) is 28.5. The fourth-order valence-corrected chi connectivity index (χ4v) is 7.16. The van der Waals surface area contributed by atoms with E-state index in [9.17, 15) is 14.4 Å². The Kier molecular flexibility index (Phi) is 45.4. The summed E-state index contributed by atoms with van der Waals surface area (Å²) in [5.41, 5.74) is 0. The van der Waals surface area contributed by atoms with Gasteiger partial charge in [-0.1, -0.05) is 224 Å². The van der Waals surface area contributed by atoms with E-state index in [1.165, 1.54) is 141 Å². The predicted octanol–water partition coefficient (Wildman–Crippen LogP) is 16.1. The highest BCUT2D eigenvalue weighted by molar-refractivity contribution is 5.71. The molecule has 0 aromatic carbocycles. The van der Waals surface area contributed by atoms with Gasteiger partial charge in [0.1, 0.15) is 13.2 Å². The lowest BCUT2D eigenvalue weighted by Gasteiger charge is -2.18. The molecule has 0 bridgehead atoms. The molecule has 0 aliphatic heterocycles. The zero-order valence-corrected chi connectivity index (χ0v) is 38.6. The first-order valence-corrected chi connectivity index (χ1v) is 25.0. The Morgan fingerprint density at radius 2 is 0.672 bits per heavy atom. The summed E-state index contributed by atoms with van der Waals surface area (Å²) in [6.45, 7) is 6.52. The minimum absolute atomic E-state index is 0.0698. The largest absolute Gasteiger partial charge is 0.462 e. The number of allylic oxidation sites excluding steroid dienone is 6. The third-order valence-corrected chi connectivity index (χ3v) is 10.9. The lowest BCUT2D eigenvalue weighted by atomic mass is 10.1. The van der Waals surface area contributed by atoms with Crippen molar-refractivity contribution >= 4 is 17.9 Å². The fourth-order valence-electron chi connectivity index (χ4n) is 7.16. The van der Waals surface area contributed by atoms with Gasteiger partial charge < -0.3 is 14.2 Å². The average Bonchev–Trinajstić information content (AvgIpc) is 3.22. The quantitative estimate of drug-likeness (QED) is 0.0264. The Morgan fingerprint density at radius 1 is 0.362 bits per heavy atom. The van der Waals surface area contributed by atoms with E-state index in [-0.39, 0.29) is 31.1 Å². The van der Waals surface area contributed by atoms with Crippen LogP contribution in [0.15, 0.2) is 36.5 Å². The summed E-state index contributed by atoms with van der Waals surface area (Å²) in [5, 5.41) is 0. The van der Waals surface area contributed by atoms with E-state index in [1.54, 1.807) is 0 Å². The van der Waals surface area contributed by atoms with E-state index in [0.717, 1.165) is 77.0 Å². The number of carbonyl (C=O) groups is 3. The number of esters is 3. The van der Waals surface area contributed by atoms with Crippen LogP contribution in [0, 0.1) is 0 Å². The van der Waals surface area contributed by atoms with Crippen molar-refractivity contribution in [1.82, 2.24) is 0 Å². The molecule has 0 fully saturated rings. The van der Waals surface area contributed by atoms with Crippen molar-refractivity contribution in [2.24, 2.45) is 0 Å². The Labute approximate surface area is 359 Å². The summed E-state index contributed by atoms with van der Waals surface area (Å²) in [5.74, 6) is -0.869. The molecule has 338 valence electrons. The molecule has 1 atom stereocenters. The van der Waals surface area contributed by atoms with Crippen LogP contribution < -0.4 is 0 Å². The molecule has 1 unspecified atom stereocenters. The smallest absolute Gasteiger partial charge is 0.306 e. The third kappa shape index (κ3) is 44.7. The summed E-state index contributed by atoms with van der Waals surface area (Å²) in [6, 6.07) is 0. The monoisotopic (exact) mass is 815 g/mol. The molecule has 0 saturated heterocycles. The molecule has 0 heterocycles. The van der Waals surface area contributed by atoms with E-state index in [1.807, 2.05) is 0 Å². The number of unbranched alkanes of at least 4 members (excludes halogenated alkanes) is 28. The van der Waals surface area contributed by atoms with Gasteiger partial charge in [0.25, 0.3) is 0 Å². The van der Waals surface area contributed by atoms with Gasteiger partial charge in [-0.05, 0) is 51.4 Å². The minimum Gasteiger partial charge on any atom is -0.462 e. The maximum absolute atomic E-state index is 12.7. The molecule has 0 saturated carbocycles. The Morgan fingerprint density at radius 3 is 1.05 bits per heavy atom. The molecule has 0 aromatic heterocycles. The number of ether oxygens (including phenoxy) is 3. The Bertz CT molecular complexity index is 984. The molecule has 6 heteroatoms. The van der Waals surface area contributed by atoms with Crippen LogP contribution in [0.3, 0.4) is 0 Å². The van der Waals surface area contributed by atoms with E-state index < -0.39 is 6.10 Å². The highest BCUT2D eigenvalue weighted by atomic mass is 16.6. The molecule has 0 spiro atoms. The summed E-state index contributed by atoms with van der Waals surface area (Å²) >= 11 is 0. The van der Waals surface area contributed by atoms with E-state index in [2.05, 4.69) is 57.2 Å². The standard InChI is InChI=1S/C52H94O6/c1-4-7-10-13-16-19-22-23-24-25-26-27-28-29-31-33-36-39-42-45-51(54)57-48-49(47-56-50(53)44-41-38-35-32-21-18-15-12-9-6-3)58-52(55)46-43-40-37-34-30-20-17-14-11-8-5-2/h7,10,16,19,23-24,49H,4-6,8-9,11-15,17-18,20-22,25-48H2,1-3H3/b10-7-,19-16-,24-23-. The van der Waals surface area contributed by atoms with Gasteiger partial charge in [0, 0.05) is 19.3 Å². The second kappa shape index (κ2) is 47.3. The third-order valence-electron chi connectivity index (χ3n) is 10.9. The van der Waals surface area contributed by atoms with Crippen molar-refractivity contribution in [3.8, 4) is 0 Å². The predicted molar refractivity (Wildman–Crippen MR) is 247 cm³/mol. The van der Waals surface area contributed by atoms with E-state index in [4.69, 9.17) is 14.2 Å².